The average molecular weight is 588 g/mol. The van der Waals surface area contributed by atoms with Crippen molar-refractivity contribution in [1.29, 1.82) is 0 Å². The summed E-state index contributed by atoms with van der Waals surface area (Å²) in [6.45, 7) is 5.91. The van der Waals surface area contributed by atoms with Crippen molar-refractivity contribution in [2.24, 2.45) is 0 Å². The maximum absolute atomic E-state index is 10.3. The molecule has 234 valence electrons. The third-order valence-electron chi connectivity index (χ3n) is 7.93. The zero-order chi connectivity index (χ0) is 29.6. The SMILES string of the molecule is COCCCN1CCOc2ccc(CO[C@H]3CCC[C@@H](OC[C@H](O)COC)[C@@H]3c3ccc(COCCOC)cc3)cc21. The van der Waals surface area contributed by atoms with E-state index in [0.29, 0.717) is 33.0 Å². The fourth-order valence-electron chi connectivity index (χ4n) is 5.81. The fraction of sp³-hybridized carbons (Fsp3) is 0.636. The minimum atomic E-state index is -0.659. The summed E-state index contributed by atoms with van der Waals surface area (Å²) in [6, 6.07) is 14.9. The summed E-state index contributed by atoms with van der Waals surface area (Å²) in [7, 11) is 5.00. The maximum atomic E-state index is 10.3. The fourth-order valence-corrected chi connectivity index (χ4v) is 5.81. The first kappa shape index (κ1) is 32.7. The van der Waals surface area contributed by atoms with E-state index in [0.717, 1.165) is 67.9 Å². The molecule has 1 N–H and O–H groups in total. The molecule has 2 aliphatic rings. The molecule has 0 unspecified atom stereocenters. The molecule has 9 nitrogen and oxygen atoms in total. The zero-order valence-corrected chi connectivity index (χ0v) is 25.5. The predicted molar refractivity (Wildman–Crippen MR) is 161 cm³/mol. The summed E-state index contributed by atoms with van der Waals surface area (Å²) in [5.74, 6) is 0.968. The van der Waals surface area contributed by atoms with Crippen molar-refractivity contribution in [2.45, 2.75) is 63.1 Å². The molecule has 0 bridgehead atoms. The number of anilines is 1. The highest BCUT2D eigenvalue weighted by molar-refractivity contribution is 5.61. The first-order chi connectivity index (χ1) is 20.6. The van der Waals surface area contributed by atoms with Crippen LogP contribution >= 0.6 is 0 Å². The van der Waals surface area contributed by atoms with E-state index >= 15 is 0 Å². The van der Waals surface area contributed by atoms with Gasteiger partial charge in [-0.3, -0.25) is 0 Å². The van der Waals surface area contributed by atoms with Crippen molar-refractivity contribution in [3.8, 4) is 5.75 Å². The molecule has 4 atom stereocenters. The molecule has 0 saturated heterocycles. The Labute approximate surface area is 250 Å². The Hall–Kier alpha value is -2.24. The van der Waals surface area contributed by atoms with Gasteiger partial charge in [0.1, 0.15) is 18.5 Å². The number of ether oxygens (including phenoxy) is 7. The number of nitrogens with zero attached hydrogens (tertiary/aromatic N) is 1. The maximum Gasteiger partial charge on any atom is 0.142 e. The molecule has 2 aromatic carbocycles. The topological polar surface area (TPSA) is 88.1 Å². The zero-order valence-electron chi connectivity index (χ0n) is 25.5. The van der Waals surface area contributed by atoms with Gasteiger partial charge in [0.15, 0.2) is 0 Å². The Morgan fingerprint density at radius 1 is 0.857 bits per heavy atom. The lowest BCUT2D eigenvalue weighted by atomic mass is 9.79. The summed E-state index contributed by atoms with van der Waals surface area (Å²) >= 11 is 0. The normalized spacial score (nSPS) is 21.1. The number of hydrogen-bond donors (Lipinski definition) is 1. The Morgan fingerprint density at radius 2 is 1.62 bits per heavy atom. The second-order valence-electron chi connectivity index (χ2n) is 11.1. The molecule has 42 heavy (non-hydrogen) atoms. The second-order valence-corrected chi connectivity index (χ2v) is 11.1. The van der Waals surface area contributed by atoms with Gasteiger partial charge in [0.2, 0.25) is 0 Å². The van der Waals surface area contributed by atoms with Crippen molar-refractivity contribution in [3.63, 3.8) is 0 Å². The number of fused-ring (bicyclic) bond motifs is 1. The molecular weight excluding hydrogens is 538 g/mol. The third kappa shape index (κ3) is 9.64. The van der Waals surface area contributed by atoms with Gasteiger partial charge in [0, 0.05) is 40.4 Å². The molecule has 1 aliphatic carbocycles. The van der Waals surface area contributed by atoms with Crippen LogP contribution < -0.4 is 9.64 Å². The van der Waals surface area contributed by atoms with Crippen LogP contribution in [0.5, 0.6) is 5.75 Å². The summed E-state index contributed by atoms with van der Waals surface area (Å²) in [4.78, 5) is 2.38. The summed E-state index contributed by atoms with van der Waals surface area (Å²) in [6.07, 6.45) is 3.10. The van der Waals surface area contributed by atoms with Gasteiger partial charge in [-0.15, -0.1) is 0 Å². The van der Waals surface area contributed by atoms with Crippen LogP contribution in [-0.4, -0.2) is 97.5 Å². The second kappa shape index (κ2) is 17.8. The van der Waals surface area contributed by atoms with Crippen LogP contribution in [0.4, 0.5) is 5.69 Å². The molecule has 1 aliphatic heterocycles. The Morgan fingerprint density at radius 3 is 2.38 bits per heavy atom. The standard InChI is InChI=1S/C33H49NO8/c1-36-16-5-14-34-15-17-40-30-13-10-26(20-29(30)34)22-41-31-6-4-7-32(42-24-28(35)23-38-3)33(31)27-11-8-25(9-12-27)21-39-19-18-37-2/h8-13,20,28,31-33,35H,4-7,14-19,21-24H2,1-3H3/t28-,31+,32-,33-/m1/s1. The number of benzene rings is 2. The van der Waals surface area contributed by atoms with Crippen LogP contribution in [0, 0.1) is 0 Å². The third-order valence-corrected chi connectivity index (χ3v) is 7.93. The highest BCUT2D eigenvalue weighted by Crippen LogP contribution is 2.39. The van der Waals surface area contributed by atoms with Gasteiger partial charge in [-0.2, -0.15) is 0 Å². The van der Waals surface area contributed by atoms with Crippen molar-refractivity contribution in [2.75, 3.05) is 79.0 Å². The van der Waals surface area contributed by atoms with Crippen LogP contribution in [-0.2, 0) is 41.6 Å². The Balaban J connectivity index is 1.46. The highest BCUT2D eigenvalue weighted by atomic mass is 16.5. The lowest BCUT2D eigenvalue weighted by molar-refractivity contribution is -0.0928. The van der Waals surface area contributed by atoms with Crippen LogP contribution in [0.1, 0.15) is 48.3 Å². The molecule has 9 heteroatoms. The van der Waals surface area contributed by atoms with E-state index in [1.807, 2.05) is 0 Å². The van der Waals surface area contributed by atoms with Crippen molar-refractivity contribution >= 4 is 5.69 Å². The highest BCUT2D eigenvalue weighted by Gasteiger charge is 2.36. The van der Waals surface area contributed by atoms with E-state index < -0.39 is 6.10 Å². The molecule has 1 heterocycles. The van der Waals surface area contributed by atoms with Crippen molar-refractivity contribution in [3.05, 3.63) is 59.2 Å². The van der Waals surface area contributed by atoms with Crippen molar-refractivity contribution in [1.82, 2.24) is 0 Å². The molecule has 0 aromatic heterocycles. The first-order valence-electron chi connectivity index (χ1n) is 15.2. The summed E-state index contributed by atoms with van der Waals surface area (Å²) < 4.78 is 40.1. The average Bonchev–Trinajstić information content (AvgIpc) is 3.02. The smallest absolute Gasteiger partial charge is 0.142 e. The van der Waals surface area contributed by atoms with Crippen LogP contribution in [0.15, 0.2) is 42.5 Å². The quantitative estimate of drug-likeness (QED) is 0.256. The lowest BCUT2D eigenvalue weighted by Crippen LogP contribution is -2.39. The Kier molecular flexibility index (Phi) is 13.8. The molecule has 0 amide bonds. The van der Waals surface area contributed by atoms with E-state index in [2.05, 4.69) is 47.4 Å². The largest absolute Gasteiger partial charge is 0.490 e. The van der Waals surface area contributed by atoms with E-state index in [9.17, 15) is 5.11 Å². The number of hydrogen-bond acceptors (Lipinski definition) is 9. The van der Waals surface area contributed by atoms with Crippen LogP contribution in [0.25, 0.3) is 0 Å². The minimum Gasteiger partial charge on any atom is -0.490 e. The molecule has 1 fully saturated rings. The van der Waals surface area contributed by atoms with Gasteiger partial charge < -0.3 is 43.2 Å². The van der Waals surface area contributed by atoms with E-state index in [1.54, 1.807) is 21.3 Å². The summed E-state index contributed by atoms with van der Waals surface area (Å²) in [5.41, 5.74) is 4.53. The van der Waals surface area contributed by atoms with Crippen molar-refractivity contribution < 1.29 is 38.3 Å². The van der Waals surface area contributed by atoms with Gasteiger partial charge in [-0.25, -0.2) is 0 Å². The number of methoxy groups -OCH3 is 3. The molecule has 2 aromatic rings. The number of rotatable bonds is 18. The van der Waals surface area contributed by atoms with E-state index in [4.69, 9.17) is 33.2 Å². The van der Waals surface area contributed by atoms with Gasteiger partial charge in [-0.1, -0.05) is 30.3 Å². The molecule has 0 radical (unpaired) electrons. The molecular formula is C33H49NO8. The monoisotopic (exact) mass is 587 g/mol. The Bertz CT molecular complexity index is 1040. The molecule has 4 rings (SSSR count). The lowest BCUT2D eigenvalue weighted by Gasteiger charge is -2.39. The van der Waals surface area contributed by atoms with Gasteiger partial charge >= 0.3 is 0 Å². The van der Waals surface area contributed by atoms with E-state index in [-0.39, 0.29) is 31.3 Å². The van der Waals surface area contributed by atoms with Gasteiger partial charge in [0.05, 0.1) is 64.1 Å². The minimum absolute atomic E-state index is 0.0165. The van der Waals surface area contributed by atoms with E-state index in [1.165, 1.54) is 5.56 Å². The predicted octanol–water partition coefficient (Wildman–Crippen LogP) is 4.33. The number of aliphatic hydroxyl groups is 1. The van der Waals surface area contributed by atoms with Crippen LogP contribution in [0.2, 0.25) is 0 Å². The molecule has 0 spiro atoms. The van der Waals surface area contributed by atoms with Gasteiger partial charge in [-0.05, 0) is 54.5 Å². The molecule has 1 saturated carbocycles. The summed E-state index contributed by atoms with van der Waals surface area (Å²) in [5, 5.41) is 10.3. The number of aliphatic hydroxyl groups excluding tert-OH is 1. The first-order valence-corrected chi connectivity index (χ1v) is 15.2. The van der Waals surface area contributed by atoms with Crippen LogP contribution in [0.3, 0.4) is 0 Å². The van der Waals surface area contributed by atoms with Gasteiger partial charge in [0.25, 0.3) is 0 Å².